The van der Waals surface area contributed by atoms with E-state index in [-0.39, 0.29) is 58.5 Å². The summed E-state index contributed by atoms with van der Waals surface area (Å²) < 4.78 is 0. The highest BCUT2D eigenvalue weighted by atomic mass is 16.1. The average Bonchev–Trinajstić information content (AvgIpc) is 2.56. The minimum atomic E-state index is 0.213. The Kier molecular flexibility index (Phi) is 30.6. The van der Waals surface area contributed by atoms with Gasteiger partial charge >= 0.3 is 0 Å². The number of hydrogen-bond donors (Lipinski definition) is 0. The van der Waals surface area contributed by atoms with E-state index in [0.29, 0.717) is 0 Å². The Hall–Kier alpha value is -1.65. The molecule has 0 aromatic heterocycles. The Bertz CT molecular complexity index is 379. The zero-order chi connectivity index (χ0) is 25.8. The molecule has 0 spiro atoms. The normalized spacial score (nSPS) is 9.33. The SMILES string of the molecule is CC(=O)C(C)C.CC(=O)C(C)C.CC(=O)C(C)C.CC(=O)C(C)C.CC(=O)C(C)C. The van der Waals surface area contributed by atoms with Gasteiger partial charge in [0.1, 0.15) is 28.9 Å². The van der Waals surface area contributed by atoms with Gasteiger partial charge in [0, 0.05) is 29.6 Å². The predicted molar refractivity (Wildman–Crippen MR) is 128 cm³/mol. The van der Waals surface area contributed by atoms with Gasteiger partial charge in [0.15, 0.2) is 0 Å². The number of carbonyl (C=O) groups is 5. The number of Topliss-reactive ketones (excluding diaryl/α,β-unsaturated/α-hetero) is 5. The number of ketones is 5. The summed E-state index contributed by atoms with van der Waals surface area (Å²) in [6, 6.07) is 0. The van der Waals surface area contributed by atoms with Crippen LogP contribution in [0.5, 0.6) is 0 Å². The molecule has 0 fully saturated rings. The van der Waals surface area contributed by atoms with Gasteiger partial charge in [0.05, 0.1) is 0 Å². The molecule has 0 amide bonds. The first-order chi connectivity index (χ1) is 13.2. The van der Waals surface area contributed by atoms with Crippen LogP contribution in [-0.2, 0) is 24.0 Å². The summed E-state index contributed by atoms with van der Waals surface area (Å²) in [6.07, 6.45) is 0. The Balaban J connectivity index is -0.0000000868. The van der Waals surface area contributed by atoms with Crippen molar-refractivity contribution < 1.29 is 24.0 Å². The first-order valence-corrected chi connectivity index (χ1v) is 10.7. The van der Waals surface area contributed by atoms with Crippen LogP contribution in [0.25, 0.3) is 0 Å². The van der Waals surface area contributed by atoms with Crippen molar-refractivity contribution in [2.45, 2.75) is 104 Å². The van der Waals surface area contributed by atoms with Gasteiger partial charge in [-0.2, -0.15) is 0 Å². The summed E-state index contributed by atoms with van der Waals surface area (Å²) in [5.74, 6) is 2.36. The van der Waals surface area contributed by atoms with E-state index in [0.717, 1.165) is 0 Å². The second-order valence-electron chi connectivity index (χ2n) is 8.83. The molecule has 0 bridgehead atoms. The Morgan fingerprint density at radius 3 is 0.333 bits per heavy atom. The van der Waals surface area contributed by atoms with Crippen LogP contribution in [0.1, 0.15) is 104 Å². The van der Waals surface area contributed by atoms with Crippen LogP contribution in [0.2, 0.25) is 0 Å². The van der Waals surface area contributed by atoms with Gasteiger partial charge in [-0.1, -0.05) is 69.2 Å². The van der Waals surface area contributed by atoms with Crippen LogP contribution in [0.15, 0.2) is 0 Å². The number of hydrogen-bond acceptors (Lipinski definition) is 5. The Morgan fingerprint density at radius 2 is 0.333 bits per heavy atom. The minimum absolute atomic E-state index is 0.213. The highest BCUT2D eigenvalue weighted by Gasteiger charge is 1.97. The monoisotopic (exact) mass is 430 g/mol. The van der Waals surface area contributed by atoms with E-state index in [1.807, 2.05) is 69.2 Å². The van der Waals surface area contributed by atoms with E-state index in [1.165, 1.54) is 0 Å². The highest BCUT2D eigenvalue weighted by Crippen LogP contribution is 1.91. The van der Waals surface area contributed by atoms with Crippen molar-refractivity contribution in [2.75, 3.05) is 0 Å². The van der Waals surface area contributed by atoms with E-state index in [4.69, 9.17) is 0 Å². The molecule has 5 heteroatoms. The first-order valence-electron chi connectivity index (χ1n) is 10.7. The molecule has 0 rings (SSSR count). The van der Waals surface area contributed by atoms with Crippen molar-refractivity contribution in [1.29, 1.82) is 0 Å². The molecule has 0 radical (unpaired) electrons. The lowest BCUT2D eigenvalue weighted by atomic mass is 10.1. The molecule has 0 aliphatic rings. The molecule has 180 valence electrons. The standard InChI is InChI=1S/5C5H10O/c5*1-4(2)5(3)6/h5*4H,1-3H3. The van der Waals surface area contributed by atoms with E-state index >= 15 is 0 Å². The second kappa shape index (κ2) is 23.6. The van der Waals surface area contributed by atoms with Gasteiger partial charge in [0.25, 0.3) is 0 Å². The van der Waals surface area contributed by atoms with Crippen molar-refractivity contribution >= 4 is 28.9 Å². The third kappa shape index (κ3) is 50.3. The lowest BCUT2D eigenvalue weighted by Gasteiger charge is -1.90. The maximum absolute atomic E-state index is 10.1. The minimum Gasteiger partial charge on any atom is -0.300 e. The third-order valence-corrected chi connectivity index (χ3v) is 4.07. The summed E-state index contributed by atoms with van der Waals surface area (Å²) >= 11 is 0. The largest absolute Gasteiger partial charge is 0.300 e. The smallest absolute Gasteiger partial charge is 0.132 e. The molecule has 0 aliphatic carbocycles. The fourth-order valence-electron chi connectivity index (χ4n) is 0. The van der Waals surface area contributed by atoms with Gasteiger partial charge in [-0.05, 0) is 34.6 Å². The topological polar surface area (TPSA) is 85.3 Å². The van der Waals surface area contributed by atoms with E-state index in [1.54, 1.807) is 34.6 Å². The van der Waals surface area contributed by atoms with Crippen LogP contribution in [0, 0.1) is 29.6 Å². The van der Waals surface area contributed by atoms with Crippen molar-refractivity contribution in [3.63, 3.8) is 0 Å². The summed E-state index contributed by atoms with van der Waals surface area (Å²) in [7, 11) is 0. The molecule has 0 saturated carbocycles. The lowest BCUT2D eigenvalue weighted by molar-refractivity contribution is -0.120. The van der Waals surface area contributed by atoms with E-state index < -0.39 is 0 Å². The summed E-state index contributed by atoms with van der Waals surface area (Å²) in [5.41, 5.74) is 0. The van der Waals surface area contributed by atoms with Crippen LogP contribution < -0.4 is 0 Å². The lowest BCUT2D eigenvalue weighted by Crippen LogP contribution is -1.98. The first kappa shape index (κ1) is 38.9. The summed E-state index contributed by atoms with van der Waals surface area (Å²) in [4.78, 5) is 50.7. The van der Waals surface area contributed by atoms with Crippen LogP contribution in [-0.4, -0.2) is 28.9 Å². The molecule has 30 heavy (non-hydrogen) atoms. The van der Waals surface area contributed by atoms with Gasteiger partial charge < -0.3 is 0 Å². The second-order valence-corrected chi connectivity index (χ2v) is 8.83. The number of rotatable bonds is 5. The fraction of sp³-hybridized carbons (Fsp3) is 0.800. The summed E-state index contributed by atoms with van der Waals surface area (Å²) in [6.45, 7) is 26.9. The van der Waals surface area contributed by atoms with Crippen LogP contribution in [0.4, 0.5) is 0 Å². The fourth-order valence-corrected chi connectivity index (χ4v) is 0. The molecular weight excluding hydrogens is 380 g/mol. The van der Waals surface area contributed by atoms with Gasteiger partial charge in [-0.3, -0.25) is 24.0 Å². The van der Waals surface area contributed by atoms with Gasteiger partial charge in [-0.15, -0.1) is 0 Å². The molecule has 0 heterocycles. The van der Waals surface area contributed by atoms with Crippen LogP contribution in [0.3, 0.4) is 0 Å². The van der Waals surface area contributed by atoms with Gasteiger partial charge in [0.2, 0.25) is 0 Å². The third-order valence-electron chi connectivity index (χ3n) is 4.07. The molecule has 0 N–H and O–H groups in total. The van der Waals surface area contributed by atoms with Crippen molar-refractivity contribution in [3.05, 3.63) is 0 Å². The van der Waals surface area contributed by atoms with E-state index in [2.05, 4.69) is 0 Å². The molecule has 0 saturated heterocycles. The molecule has 0 aliphatic heterocycles. The quantitative estimate of drug-likeness (QED) is 0.521. The molecule has 0 aromatic rings. The predicted octanol–water partition coefficient (Wildman–Crippen LogP) is 6.16. The Labute approximate surface area is 186 Å². The Morgan fingerprint density at radius 1 is 0.300 bits per heavy atom. The zero-order valence-corrected chi connectivity index (χ0v) is 22.4. The molecule has 0 unspecified atom stereocenters. The van der Waals surface area contributed by atoms with Crippen LogP contribution >= 0.6 is 0 Å². The molecular formula is C25H50O5. The van der Waals surface area contributed by atoms with E-state index in [9.17, 15) is 24.0 Å². The molecule has 5 nitrogen and oxygen atoms in total. The number of carbonyl (C=O) groups excluding carboxylic acids is 5. The highest BCUT2D eigenvalue weighted by molar-refractivity contribution is 5.78. The van der Waals surface area contributed by atoms with Crippen molar-refractivity contribution in [2.24, 2.45) is 29.6 Å². The van der Waals surface area contributed by atoms with Gasteiger partial charge in [-0.25, -0.2) is 0 Å². The maximum Gasteiger partial charge on any atom is 0.132 e. The van der Waals surface area contributed by atoms with Crippen molar-refractivity contribution in [1.82, 2.24) is 0 Å². The van der Waals surface area contributed by atoms with Crippen molar-refractivity contribution in [3.8, 4) is 0 Å². The molecule has 0 atom stereocenters. The maximum atomic E-state index is 10.1. The zero-order valence-electron chi connectivity index (χ0n) is 22.4. The summed E-state index contributed by atoms with van der Waals surface area (Å²) in [5, 5.41) is 0. The average molecular weight is 431 g/mol. The molecule has 0 aromatic carbocycles.